The van der Waals surface area contributed by atoms with Gasteiger partial charge in [0, 0.05) is 11.6 Å². The molecule has 0 atom stereocenters. The number of hydrogen-bond donors (Lipinski definition) is 0. The van der Waals surface area contributed by atoms with Gasteiger partial charge in [0.15, 0.2) is 0 Å². The first-order valence-corrected chi connectivity index (χ1v) is 5.81. The summed E-state index contributed by atoms with van der Waals surface area (Å²) in [5.41, 5.74) is 1.74. The van der Waals surface area contributed by atoms with Gasteiger partial charge >= 0.3 is 0 Å². The van der Waals surface area contributed by atoms with Crippen LogP contribution < -0.4 is 0 Å². The SMILES string of the molecule is Cc1cc([N+](=O)[O-])cnc1-c1c(Cl)cccc1Cl. The summed E-state index contributed by atoms with van der Waals surface area (Å²) in [6.45, 7) is 1.73. The first-order valence-electron chi connectivity index (χ1n) is 5.06. The highest BCUT2D eigenvalue weighted by molar-refractivity contribution is 6.39. The third kappa shape index (κ3) is 2.30. The normalized spacial score (nSPS) is 10.4. The maximum atomic E-state index is 10.6. The van der Waals surface area contributed by atoms with Gasteiger partial charge in [0.05, 0.1) is 20.7 Å². The van der Waals surface area contributed by atoms with Crippen LogP contribution >= 0.6 is 23.2 Å². The number of rotatable bonds is 2. The molecule has 0 amide bonds. The Morgan fingerprint density at radius 3 is 2.39 bits per heavy atom. The van der Waals surface area contributed by atoms with Crippen molar-refractivity contribution >= 4 is 28.9 Å². The van der Waals surface area contributed by atoms with Crippen molar-refractivity contribution in [2.24, 2.45) is 0 Å². The van der Waals surface area contributed by atoms with E-state index in [1.807, 2.05) is 0 Å². The molecule has 0 fully saturated rings. The molecule has 18 heavy (non-hydrogen) atoms. The zero-order valence-corrected chi connectivity index (χ0v) is 10.9. The molecule has 2 aromatic rings. The molecule has 1 aromatic heterocycles. The van der Waals surface area contributed by atoms with Crippen LogP contribution in [0.15, 0.2) is 30.5 Å². The van der Waals surface area contributed by atoms with Crippen LogP contribution in [0.3, 0.4) is 0 Å². The zero-order chi connectivity index (χ0) is 13.3. The summed E-state index contributed by atoms with van der Waals surface area (Å²) in [5.74, 6) is 0. The molecular weight excluding hydrogens is 275 g/mol. The third-order valence-electron chi connectivity index (χ3n) is 2.47. The topological polar surface area (TPSA) is 56.0 Å². The van der Waals surface area contributed by atoms with E-state index in [0.717, 1.165) is 0 Å². The molecule has 2 rings (SSSR count). The van der Waals surface area contributed by atoms with Crippen molar-refractivity contribution in [1.82, 2.24) is 4.98 Å². The van der Waals surface area contributed by atoms with E-state index in [1.54, 1.807) is 25.1 Å². The molecule has 0 saturated carbocycles. The van der Waals surface area contributed by atoms with Gasteiger partial charge in [-0.15, -0.1) is 0 Å². The average molecular weight is 283 g/mol. The molecular formula is C12H8Cl2N2O2. The van der Waals surface area contributed by atoms with Crippen molar-refractivity contribution < 1.29 is 4.92 Å². The van der Waals surface area contributed by atoms with Crippen molar-refractivity contribution in [2.45, 2.75) is 6.92 Å². The van der Waals surface area contributed by atoms with Crippen molar-refractivity contribution in [1.29, 1.82) is 0 Å². The van der Waals surface area contributed by atoms with Crippen LogP contribution in [-0.2, 0) is 0 Å². The van der Waals surface area contributed by atoms with Gasteiger partial charge in [-0.25, -0.2) is 4.98 Å². The van der Waals surface area contributed by atoms with Gasteiger partial charge in [0.1, 0.15) is 6.20 Å². The lowest BCUT2D eigenvalue weighted by atomic mass is 10.1. The number of nitrogens with zero attached hydrogens (tertiary/aromatic N) is 2. The molecule has 0 unspecified atom stereocenters. The molecule has 0 spiro atoms. The molecule has 1 aromatic carbocycles. The number of hydrogen-bond acceptors (Lipinski definition) is 3. The fraction of sp³-hybridized carbons (Fsp3) is 0.0833. The lowest BCUT2D eigenvalue weighted by Gasteiger charge is -2.08. The van der Waals surface area contributed by atoms with Gasteiger partial charge in [-0.2, -0.15) is 0 Å². The predicted molar refractivity (Wildman–Crippen MR) is 71.1 cm³/mol. The van der Waals surface area contributed by atoms with Crippen LogP contribution in [0.5, 0.6) is 0 Å². The number of pyridine rings is 1. The Bertz CT molecular complexity index is 609. The first-order chi connectivity index (χ1) is 8.50. The van der Waals surface area contributed by atoms with Gasteiger partial charge in [0.25, 0.3) is 5.69 Å². The van der Waals surface area contributed by atoms with Crippen LogP contribution in [-0.4, -0.2) is 9.91 Å². The molecule has 0 N–H and O–H groups in total. The molecule has 6 heteroatoms. The Hall–Kier alpha value is -1.65. The minimum atomic E-state index is -0.488. The molecule has 1 heterocycles. The molecule has 4 nitrogen and oxygen atoms in total. The molecule has 0 bridgehead atoms. The zero-order valence-electron chi connectivity index (χ0n) is 9.35. The number of aromatic nitrogens is 1. The average Bonchev–Trinajstić information content (AvgIpc) is 2.30. The van der Waals surface area contributed by atoms with Gasteiger partial charge in [-0.3, -0.25) is 10.1 Å². The maximum Gasteiger partial charge on any atom is 0.287 e. The first kappa shape index (κ1) is 12.8. The fourth-order valence-electron chi connectivity index (χ4n) is 1.65. The van der Waals surface area contributed by atoms with Gasteiger partial charge < -0.3 is 0 Å². The van der Waals surface area contributed by atoms with Crippen molar-refractivity contribution in [3.63, 3.8) is 0 Å². The molecule has 0 saturated heterocycles. The quantitative estimate of drug-likeness (QED) is 0.610. The number of aryl methyl sites for hydroxylation is 1. The third-order valence-corrected chi connectivity index (χ3v) is 3.10. The van der Waals surface area contributed by atoms with Crippen molar-refractivity contribution in [3.05, 3.63) is 56.2 Å². The summed E-state index contributed by atoms with van der Waals surface area (Å²) in [5, 5.41) is 11.6. The van der Waals surface area contributed by atoms with Crippen LogP contribution in [0, 0.1) is 17.0 Å². The summed E-state index contributed by atoms with van der Waals surface area (Å²) >= 11 is 12.2. The predicted octanol–water partition coefficient (Wildman–Crippen LogP) is 4.27. The second-order valence-electron chi connectivity index (χ2n) is 3.71. The lowest BCUT2D eigenvalue weighted by Crippen LogP contribution is -1.94. The largest absolute Gasteiger partial charge is 0.287 e. The van der Waals surface area contributed by atoms with E-state index in [-0.39, 0.29) is 5.69 Å². The number of halogens is 2. The van der Waals surface area contributed by atoms with E-state index in [4.69, 9.17) is 23.2 Å². The summed E-state index contributed by atoms with van der Waals surface area (Å²) < 4.78 is 0. The summed E-state index contributed by atoms with van der Waals surface area (Å²) in [7, 11) is 0. The van der Waals surface area contributed by atoms with Crippen LogP contribution in [0.1, 0.15) is 5.56 Å². The van der Waals surface area contributed by atoms with Gasteiger partial charge in [-0.05, 0) is 24.6 Å². The molecule has 0 aliphatic carbocycles. The van der Waals surface area contributed by atoms with Crippen molar-refractivity contribution in [3.8, 4) is 11.3 Å². The second kappa shape index (κ2) is 4.92. The monoisotopic (exact) mass is 282 g/mol. The Kier molecular flexibility index (Phi) is 3.50. The molecule has 92 valence electrons. The fourth-order valence-corrected chi connectivity index (χ4v) is 2.22. The minimum absolute atomic E-state index is 0.0561. The Balaban J connectivity index is 2.62. The molecule has 0 aliphatic heterocycles. The summed E-state index contributed by atoms with van der Waals surface area (Å²) in [6.07, 6.45) is 1.20. The van der Waals surface area contributed by atoms with E-state index >= 15 is 0 Å². The number of nitro groups is 1. The summed E-state index contributed by atoms with van der Waals surface area (Å²) in [4.78, 5) is 14.2. The highest BCUT2D eigenvalue weighted by Gasteiger charge is 2.15. The van der Waals surface area contributed by atoms with E-state index in [9.17, 15) is 10.1 Å². The Morgan fingerprint density at radius 2 is 1.89 bits per heavy atom. The van der Waals surface area contributed by atoms with E-state index in [2.05, 4.69) is 4.98 Å². The van der Waals surface area contributed by atoms with Crippen LogP contribution in [0.4, 0.5) is 5.69 Å². The van der Waals surface area contributed by atoms with E-state index in [1.165, 1.54) is 12.3 Å². The highest BCUT2D eigenvalue weighted by atomic mass is 35.5. The smallest absolute Gasteiger partial charge is 0.258 e. The number of benzene rings is 1. The lowest BCUT2D eigenvalue weighted by molar-refractivity contribution is -0.385. The standard InChI is InChI=1S/C12H8Cl2N2O2/c1-7-5-8(16(17)18)6-15-12(7)11-9(13)3-2-4-10(11)14/h2-6H,1H3. The molecule has 0 radical (unpaired) electrons. The summed E-state index contributed by atoms with van der Waals surface area (Å²) in [6, 6.07) is 6.58. The van der Waals surface area contributed by atoms with E-state index < -0.39 is 4.92 Å². The second-order valence-corrected chi connectivity index (χ2v) is 4.53. The minimum Gasteiger partial charge on any atom is -0.258 e. The van der Waals surface area contributed by atoms with Gasteiger partial charge in [-0.1, -0.05) is 29.3 Å². The Labute approximate surface area is 113 Å². The Morgan fingerprint density at radius 1 is 1.28 bits per heavy atom. The molecule has 0 aliphatic rings. The van der Waals surface area contributed by atoms with Crippen LogP contribution in [0.2, 0.25) is 10.0 Å². The highest BCUT2D eigenvalue weighted by Crippen LogP contribution is 2.35. The van der Waals surface area contributed by atoms with Crippen LogP contribution in [0.25, 0.3) is 11.3 Å². The van der Waals surface area contributed by atoms with Gasteiger partial charge in [0.2, 0.25) is 0 Å². The maximum absolute atomic E-state index is 10.6. The van der Waals surface area contributed by atoms with E-state index in [0.29, 0.717) is 26.9 Å². The van der Waals surface area contributed by atoms with Crippen molar-refractivity contribution in [2.75, 3.05) is 0 Å².